The number of fused-ring (bicyclic) bond motifs is 1. The minimum absolute atomic E-state index is 0.0685. The number of imidazole rings is 1. The van der Waals surface area contributed by atoms with E-state index in [0.29, 0.717) is 22.7 Å². The third-order valence-electron chi connectivity index (χ3n) is 5.35. The Morgan fingerprint density at radius 2 is 2.03 bits per heavy atom. The molecule has 0 fully saturated rings. The van der Waals surface area contributed by atoms with Crippen LogP contribution >= 0.6 is 0 Å². The van der Waals surface area contributed by atoms with Gasteiger partial charge in [0, 0.05) is 11.4 Å². The fourth-order valence-corrected chi connectivity index (χ4v) is 3.86. The smallest absolute Gasteiger partial charge is 0.263 e. The highest BCUT2D eigenvalue weighted by molar-refractivity contribution is 6.01. The summed E-state index contributed by atoms with van der Waals surface area (Å²) in [4.78, 5) is 29.2. The van der Waals surface area contributed by atoms with E-state index in [-0.39, 0.29) is 18.3 Å². The average Bonchev–Trinajstić information content (AvgIpc) is 3.28. The summed E-state index contributed by atoms with van der Waals surface area (Å²) in [5.41, 5.74) is 8.67. The first kappa shape index (κ1) is 21.2. The molecule has 4 N–H and O–H groups in total. The summed E-state index contributed by atoms with van der Waals surface area (Å²) in [5, 5.41) is 4.96. The number of nitrogens with zero attached hydrogens (tertiary/aromatic N) is 4. The Bertz CT molecular complexity index is 1350. The molecule has 2 aromatic heterocycles. The minimum atomic E-state index is -0.299. The first-order valence-corrected chi connectivity index (χ1v) is 10.3. The third-order valence-corrected chi connectivity index (χ3v) is 5.35. The second kappa shape index (κ2) is 8.99. The molecule has 2 heterocycles. The monoisotopic (exact) mass is 427 g/mol. The van der Waals surface area contributed by atoms with Gasteiger partial charge in [-0.3, -0.25) is 14.4 Å². The molecule has 0 saturated carbocycles. The van der Waals surface area contributed by atoms with Crippen LogP contribution in [0.15, 0.2) is 75.7 Å². The molecule has 32 heavy (non-hydrogen) atoms. The first-order chi connectivity index (χ1) is 15.5. The van der Waals surface area contributed by atoms with Crippen LogP contribution in [0.25, 0.3) is 16.5 Å². The van der Waals surface area contributed by atoms with Crippen LogP contribution in [0.2, 0.25) is 0 Å². The Kier molecular flexibility index (Phi) is 5.96. The maximum atomic E-state index is 13.7. The zero-order valence-corrected chi connectivity index (χ0v) is 18.0. The molecule has 0 unspecified atom stereocenters. The number of aromatic nitrogens is 3. The summed E-state index contributed by atoms with van der Waals surface area (Å²) in [7, 11) is 0. The Morgan fingerprint density at radius 1 is 1.25 bits per heavy atom. The molecular formula is C24H25N7O. The van der Waals surface area contributed by atoms with E-state index in [2.05, 4.69) is 32.0 Å². The summed E-state index contributed by atoms with van der Waals surface area (Å²) in [5.74, 6) is 0.964. The van der Waals surface area contributed by atoms with Gasteiger partial charge in [-0.15, -0.1) is 0 Å². The number of nitrogens with two attached hydrogens (primary N) is 1. The summed E-state index contributed by atoms with van der Waals surface area (Å²) in [6.45, 7) is 7.56. The molecule has 0 bridgehead atoms. The zero-order valence-electron chi connectivity index (χ0n) is 18.0. The highest BCUT2D eigenvalue weighted by Gasteiger charge is 2.20. The van der Waals surface area contributed by atoms with Crippen molar-refractivity contribution in [3.8, 4) is 5.69 Å². The van der Waals surface area contributed by atoms with Gasteiger partial charge in [-0.2, -0.15) is 0 Å². The Balaban J connectivity index is 1.88. The van der Waals surface area contributed by atoms with Gasteiger partial charge in [-0.1, -0.05) is 36.4 Å². The van der Waals surface area contributed by atoms with Crippen molar-refractivity contribution in [2.24, 2.45) is 15.7 Å². The van der Waals surface area contributed by atoms with Crippen molar-refractivity contribution in [3.05, 3.63) is 88.2 Å². The van der Waals surface area contributed by atoms with Gasteiger partial charge in [0.25, 0.3) is 5.56 Å². The second-order valence-electron chi connectivity index (χ2n) is 7.40. The standard InChI is InChI=1S/C24H25N7O/c1-15-8-7-9-17-12-19(31(24(32)20(15)17)18-10-5-4-6-11-18)16(2)30-23(27-13-25)21-22(26-3)29-14-28-21/h4-12,14,16H,3,13,25H2,1-2H3,(H,27,30)(H,28,29)/t16-/m0/s1. The van der Waals surface area contributed by atoms with Crippen LogP contribution in [-0.4, -0.2) is 33.8 Å². The van der Waals surface area contributed by atoms with Gasteiger partial charge in [0.2, 0.25) is 0 Å². The van der Waals surface area contributed by atoms with Crippen molar-refractivity contribution >= 4 is 29.1 Å². The highest BCUT2D eigenvalue weighted by atomic mass is 16.1. The highest BCUT2D eigenvalue weighted by Crippen LogP contribution is 2.24. The van der Waals surface area contributed by atoms with Crippen LogP contribution < -0.4 is 16.6 Å². The van der Waals surface area contributed by atoms with Crippen molar-refractivity contribution < 1.29 is 0 Å². The van der Waals surface area contributed by atoms with Crippen LogP contribution in [0.5, 0.6) is 0 Å². The maximum absolute atomic E-state index is 13.7. The Hall–Kier alpha value is -4.04. The van der Waals surface area contributed by atoms with E-state index in [1.54, 1.807) is 4.57 Å². The van der Waals surface area contributed by atoms with Gasteiger partial charge in [-0.25, -0.2) is 9.98 Å². The van der Waals surface area contributed by atoms with E-state index in [4.69, 9.17) is 5.73 Å². The van der Waals surface area contributed by atoms with Crippen molar-refractivity contribution in [1.29, 1.82) is 0 Å². The predicted octanol–water partition coefficient (Wildman–Crippen LogP) is 3.37. The van der Waals surface area contributed by atoms with Crippen molar-refractivity contribution in [1.82, 2.24) is 19.9 Å². The van der Waals surface area contributed by atoms with Gasteiger partial charge >= 0.3 is 0 Å². The fourth-order valence-electron chi connectivity index (χ4n) is 3.86. The molecule has 0 spiro atoms. The van der Waals surface area contributed by atoms with Crippen molar-refractivity contribution in [2.45, 2.75) is 19.9 Å². The van der Waals surface area contributed by atoms with Crippen LogP contribution in [0.3, 0.4) is 0 Å². The van der Waals surface area contributed by atoms with E-state index >= 15 is 0 Å². The molecular weight excluding hydrogens is 402 g/mol. The number of aryl methyl sites for hydroxylation is 1. The molecule has 0 amide bonds. The molecule has 0 radical (unpaired) electrons. The van der Waals surface area contributed by atoms with Crippen LogP contribution in [0, 0.1) is 6.92 Å². The van der Waals surface area contributed by atoms with Crippen LogP contribution in [-0.2, 0) is 0 Å². The lowest BCUT2D eigenvalue weighted by Crippen LogP contribution is -2.33. The molecule has 8 nitrogen and oxygen atoms in total. The third kappa shape index (κ3) is 3.83. The van der Waals surface area contributed by atoms with E-state index in [9.17, 15) is 4.79 Å². The molecule has 4 aromatic rings. The Morgan fingerprint density at radius 3 is 2.75 bits per heavy atom. The molecule has 162 valence electrons. The fraction of sp³-hybridized carbons (Fsp3) is 0.167. The topological polar surface area (TPSA) is 113 Å². The molecule has 0 saturated heterocycles. The number of para-hydroxylation sites is 1. The number of amidine groups is 1. The summed E-state index contributed by atoms with van der Waals surface area (Å²) < 4.78 is 1.74. The number of hydrogen-bond acceptors (Lipinski definition) is 5. The number of nitrogens with one attached hydrogen (secondary N) is 2. The SMILES string of the molecule is C=Nc1[nH]cnc1/C(=N\CN)N[C@@H](C)c1cc2cccc(C)c2c(=O)n1-c1ccccc1. The van der Waals surface area contributed by atoms with E-state index < -0.39 is 0 Å². The minimum Gasteiger partial charge on any atom is -0.360 e. The molecule has 2 aromatic carbocycles. The summed E-state index contributed by atoms with van der Waals surface area (Å²) in [6, 6.07) is 17.2. The lowest BCUT2D eigenvalue weighted by Gasteiger charge is -2.22. The lowest BCUT2D eigenvalue weighted by molar-refractivity contribution is 0.660. The molecule has 8 heteroatoms. The number of H-pyrrole nitrogens is 1. The van der Waals surface area contributed by atoms with Gasteiger partial charge in [0.05, 0.1) is 24.4 Å². The van der Waals surface area contributed by atoms with Crippen LogP contribution in [0.4, 0.5) is 5.82 Å². The number of aromatic amines is 1. The number of hydrogen-bond donors (Lipinski definition) is 3. The molecule has 4 rings (SSSR count). The first-order valence-electron chi connectivity index (χ1n) is 10.3. The van der Waals surface area contributed by atoms with E-state index in [1.165, 1.54) is 6.33 Å². The Labute approximate surface area is 185 Å². The van der Waals surface area contributed by atoms with Crippen molar-refractivity contribution in [2.75, 3.05) is 6.67 Å². The second-order valence-corrected chi connectivity index (χ2v) is 7.40. The summed E-state index contributed by atoms with van der Waals surface area (Å²) in [6.07, 6.45) is 1.52. The van der Waals surface area contributed by atoms with Gasteiger partial charge < -0.3 is 16.0 Å². The quantitative estimate of drug-likeness (QED) is 0.323. The van der Waals surface area contributed by atoms with E-state index in [1.807, 2.05) is 68.4 Å². The van der Waals surface area contributed by atoms with Crippen LogP contribution in [0.1, 0.15) is 29.9 Å². The molecule has 0 aliphatic heterocycles. The van der Waals surface area contributed by atoms with Gasteiger partial charge in [0.1, 0.15) is 5.69 Å². The molecule has 0 aliphatic carbocycles. The average molecular weight is 428 g/mol. The summed E-state index contributed by atoms with van der Waals surface area (Å²) >= 11 is 0. The normalized spacial score (nSPS) is 12.7. The number of pyridine rings is 1. The number of rotatable bonds is 6. The molecule has 1 atom stereocenters. The van der Waals surface area contributed by atoms with E-state index in [0.717, 1.165) is 22.3 Å². The maximum Gasteiger partial charge on any atom is 0.263 e. The zero-order chi connectivity index (χ0) is 22.7. The van der Waals surface area contributed by atoms with Crippen molar-refractivity contribution in [3.63, 3.8) is 0 Å². The lowest BCUT2D eigenvalue weighted by atomic mass is 10.0. The van der Waals surface area contributed by atoms with Gasteiger partial charge in [-0.05, 0) is 49.7 Å². The predicted molar refractivity (Wildman–Crippen MR) is 129 cm³/mol. The van der Waals surface area contributed by atoms with Gasteiger partial charge in [0.15, 0.2) is 11.7 Å². The number of benzene rings is 2. The molecule has 0 aliphatic rings. The number of aliphatic imine (C=N–C) groups is 2. The largest absolute Gasteiger partial charge is 0.360 e.